The Bertz CT molecular complexity index is 535. The van der Waals surface area contributed by atoms with E-state index in [4.69, 9.17) is 22.1 Å². The third-order valence-corrected chi connectivity index (χ3v) is 3.16. The first-order valence-corrected chi connectivity index (χ1v) is 7.38. The van der Waals surface area contributed by atoms with Gasteiger partial charge in [-0.2, -0.15) is 0 Å². The highest BCUT2D eigenvalue weighted by molar-refractivity contribution is 6.31. The van der Waals surface area contributed by atoms with Gasteiger partial charge in [0.1, 0.15) is 0 Å². The lowest BCUT2D eigenvalue weighted by Gasteiger charge is -2.15. The van der Waals surface area contributed by atoms with E-state index >= 15 is 0 Å². The van der Waals surface area contributed by atoms with Crippen molar-refractivity contribution in [3.05, 3.63) is 28.8 Å². The fourth-order valence-corrected chi connectivity index (χ4v) is 2.00. The van der Waals surface area contributed by atoms with Gasteiger partial charge >= 0.3 is 0 Å². The van der Waals surface area contributed by atoms with Crippen LogP contribution in [0, 0.1) is 0 Å². The number of ether oxygens (including phenoxy) is 1. The van der Waals surface area contributed by atoms with Crippen molar-refractivity contribution in [1.82, 2.24) is 5.32 Å². The van der Waals surface area contributed by atoms with Gasteiger partial charge in [-0.3, -0.25) is 9.59 Å². The number of halogens is 2. The van der Waals surface area contributed by atoms with Crippen LogP contribution in [0.25, 0.3) is 0 Å². The molecule has 0 saturated heterocycles. The zero-order chi connectivity index (χ0) is 16.7. The first-order valence-electron chi connectivity index (χ1n) is 7.00. The predicted octanol–water partition coefficient (Wildman–Crippen LogP) is 2.20. The summed E-state index contributed by atoms with van der Waals surface area (Å²) in [7, 11) is 1.49. The van der Waals surface area contributed by atoms with Crippen molar-refractivity contribution < 1.29 is 14.3 Å². The number of hydrogen-bond donors (Lipinski definition) is 3. The maximum Gasteiger partial charge on any atom is 0.253 e. The highest BCUT2D eigenvalue weighted by atomic mass is 35.5. The largest absolute Gasteiger partial charge is 0.380 e. The molecule has 0 aliphatic heterocycles. The Morgan fingerprint density at radius 3 is 2.52 bits per heavy atom. The van der Waals surface area contributed by atoms with Gasteiger partial charge in [-0.25, -0.2) is 0 Å². The quantitative estimate of drug-likeness (QED) is 0.692. The fraction of sp³-hybridized carbons (Fsp3) is 0.467. The summed E-state index contributed by atoms with van der Waals surface area (Å²) in [5.41, 5.74) is 6.21. The van der Waals surface area contributed by atoms with Crippen LogP contribution in [-0.4, -0.2) is 37.6 Å². The molecule has 0 fully saturated rings. The summed E-state index contributed by atoms with van der Waals surface area (Å²) in [4.78, 5) is 24.2. The molecular weight excluding hydrogens is 341 g/mol. The van der Waals surface area contributed by atoms with Crippen LogP contribution in [0.2, 0.25) is 5.02 Å². The molecule has 0 saturated carbocycles. The lowest BCUT2D eigenvalue weighted by Crippen LogP contribution is -2.32. The molecule has 0 spiro atoms. The van der Waals surface area contributed by atoms with Crippen molar-refractivity contribution in [3.8, 4) is 0 Å². The molecule has 1 aromatic carbocycles. The second-order valence-corrected chi connectivity index (χ2v) is 5.60. The van der Waals surface area contributed by atoms with Gasteiger partial charge < -0.3 is 21.1 Å². The highest BCUT2D eigenvalue weighted by Crippen LogP contribution is 2.21. The van der Waals surface area contributed by atoms with Crippen LogP contribution in [0.15, 0.2) is 18.2 Å². The topological polar surface area (TPSA) is 93.4 Å². The van der Waals surface area contributed by atoms with E-state index in [9.17, 15) is 9.59 Å². The van der Waals surface area contributed by atoms with E-state index in [2.05, 4.69) is 10.6 Å². The molecule has 0 heterocycles. The number of hydrogen-bond acceptors (Lipinski definition) is 4. The number of benzene rings is 1. The van der Waals surface area contributed by atoms with Gasteiger partial charge in [-0.05, 0) is 32.0 Å². The second kappa shape index (κ2) is 10.4. The van der Waals surface area contributed by atoms with E-state index < -0.39 is 0 Å². The maximum absolute atomic E-state index is 12.2. The molecule has 1 rings (SSSR count). The van der Waals surface area contributed by atoms with Crippen molar-refractivity contribution in [2.45, 2.75) is 32.4 Å². The zero-order valence-electron chi connectivity index (χ0n) is 13.4. The van der Waals surface area contributed by atoms with Gasteiger partial charge in [0.25, 0.3) is 5.91 Å². The Labute approximate surface area is 147 Å². The van der Waals surface area contributed by atoms with Crippen LogP contribution in [0.4, 0.5) is 5.69 Å². The van der Waals surface area contributed by atoms with Gasteiger partial charge in [0.15, 0.2) is 0 Å². The Morgan fingerprint density at radius 2 is 2.00 bits per heavy atom. The summed E-state index contributed by atoms with van der Waals surface area (Å²) in [6, 6.07) is 4.71. The molecule has 0 aromatic heterocycles. The van der Waals surface area contributed by atoms with Gasteiger partial charge in [-0.1, -0.05) is 11.6 Å². The van der Waals surface area contributed by atoms with Crippen molar-refractivity contribution in [2.75, 3.05) is 19.0 Å². The van der Waals surface area contributed by atoms with Gasteiger partial charge in [0, 0.05) is 24.7 Å². The Balaban J connectivity index is 0.00000484. The van der Waals surface area contributed by atoms with Crippen molar-refractivity contribution in [3.63, 3.8) is 0 Å². The lowest BCUT2D eigenvalue weighted by molar-refractivity contribution is -0.118. The molecule has 1 atom stereocenters. The number of methoxy groups -OCH3 is 1. The fourth-order valence-electron chi connectivity index (χ4n) is 1.83. The number of amides is 2. The van der Waals surface area contributed by atoms with Crippen LogP contribution < -0.4 is 16.4 Å². The number of nitrogens with two attached hydrogens (primary N) is 1. The summed E-state index contributed by atoms with van der Waals surface area (Å²) in [5, 5.41) is 5.89. The summed E-state index contributed by atoms with van der Waals surface area (Å²) in [6.45, 7) is 3.95. The molecule has 6 nitrogen and oxygen atoms in total. The first kappa shape index (κ1) is 21.7. The van der Waals surface area contributed by atoms with Crippen molar-refractivity contribution in [2.24, 2.45) is 5.73 Å². The molecule has 4 N–H and O–H groups in total. The molecule has 23 heavy (non-hydrogen) atoms. The van der Waals surface area contributed by atoms with E-state index in [-0.39, 0.29) is 49.3 Å². The van der Waals surface area contributed by atoms with Crippen LogP contribution in [0.1, 0.15) is 30.6 Å². The van der Waals surface area contributed by atoms with E-state index in [1.54, 1.807) is 18.2 Å². The number of carbonyl (C=O) groups excluding carboxylic acids is 2. The van der Waals surface area contributed by atoms with E-state index in [0.717, 1.165) is 0 Å². The van der Waals surface area contributed by atoms with Crippen LogP contribution in [0.3, 0.4) is 0 Å². The zero-order valence-corrected chi connectivity index (χ0v) is 15.0. The smallest absolute Gasteiger partial charge is 0.253 e. The van der Waals surface area contributed by atoms with Gasteiger partial charge in [0.05, 0.1) is 23.8 Å². The van der Waals surface area contributed by atoms with Crippen LogP contribution in [-0.2, 0) is 9.53 Å². The standard InChI is InChI=1S/C15H22ClN3O3.ClH/c1-9(2)18-15(21)12-5-4-10(16)6-13(12)19-14(20)7-11(8-17)22-3;/h4-6,9,11H,7-8,17H2,1-3H3,(H,18,21)(H,19,20);1H. The predicted molar refractivity (Wildman–Crippen MR) is 94.4 cm³/mol. The van der Waals surface area contributed by atoms with Crippen molar-refractivity contribution in [1.29, 1.82) is 0 Å². The average Bonchev–Trinajstić information content (AvgIpc) is 2.43. The Kier molecular flexibility index (Phi) is 9.83. The monoisotopic (exact) mass is 363 g/mol. The Morgan fingerprint density at radius 1 is 1.35 bits per heavy atom. The van der Waals surface area contributed by atoms with Crippen molar-refractivity contribution >= 4 is 41.5 Å². The number of nitrogens with one attached hydrogen (secondary N) is 2. The summed E-state index contributed by atoms with van der Waals surface area (Å²) < 4.78 is 5.07. The normalized spacial score (nSPS) is 11.6. The molecule has 0 aliphatic rings. The maximum atomic E-state index is 12.2. The first-order chi connectivity index (χ1) is 10.4. The molecule has 2 amide bonds. The summed E-state index contributed by atoms with van der Waals surface area (Å²) in [5.74, 6) is -0.567. The summed E-state index contributed by atoms with van der Waals surface area (Å²) >= 11 is 5.94. The third kappa shape index (κ3) is 7.18. The number of anilines is 1. The molecule has 0 radical (unpaired) electrons. The van der Waals surface area contributed by atoms with E-state index in [1.165, 1.54) is 7.11 Å². The third-order valence-electron chi connectivity index (χ3n) is 2.93. The van der Waals surface area contributed by atoms with Crippen LogP contribution >= 0.6 is 24.0 Å². The SMILES string of the molecule is COC(CN)CC(=O)Nc1cc(Cl)ccc1C(=O)NC(C)C.Cl. The molecule has 1 aromatic rings. The molecule has 0 aliphatic carbocycles. The lowest BCUT2D eigenvalue weighted by atomic mass is 10.1. The second-order valence-electron chi connectivity index (χ2n) is 5.16. The highest BCUT2D eigenvalue weighted by Gasteiger charge is 2.17. The average molecular weight is 364 g/mol. The Hall–Kier alpha value is -1.34. The van der Waals surface area contributed by atoms with E-state index in [1.807, 2.05) is 13.8 Å². The molecular formula is C15H23Cl2N3O3. The van der Waals surface area contributed by atoms with E-state index in [0.29, 0.717) is 16.3 Å². The van der Waals surface area contributed by atoms with Crippen LogP contribution in [0.5, 0.6) is 0 Å². The minimum absolute atomic E-state index is 0. The molecule has 8 heteroatoms. The minimum atomic E-state index is -0.368. The molecule has 0 bridgehead atoms. The number of carbonyl (C=O) groups is 2. The minimum Gasteiger partial charge on any atom is -0.380 e. The van der Waals surface area contributed by atoms with Gasteiger partial charge in [-0.15, -0.1) is 12.4 Å². The molecule has 130 valence electrons. The summed E-state index contributed by atoms with van der Waals surface area (Å²) in [6.07, 6.45) is -0.266. The number of rotatable bonds is 7. The molecule has 1 unspecified atom stereocenters. The van der Waals surface area contributed by atoms with Gasteiger partial charge in [0.2, 0.25) is 5.91 Å².